The first-order valence-electron chi connectivity index (χ1n) is 12.8. The molecule has 1 aliphatic carbocycles. The van der Waals surface area contributed by atoms with Crippen molar-refractivity contribution in [1.82, 2.24) is 19.9 Å². The zero-order chi connectivity index (χ0) is 25.2. The van der Waals surface area contributed by atoms with Crippen LogP contribution >= 0.6 is 0 Å². The first kappa shape index (κ1) is 22.2. The summed E-state index contributed by atoms with van der Waals surface area (Å²) in [4.78, 5) is 43.1. The molecular formula is C29H28N6O2. The number of hydrogen-bond donors (Lipinski definition) is 2. The minimum Gasteiger partial charge on any atom is -0.367 e. The van der Waals surface area contributed by atoms with E-state index < -0.39 is 11.0 Å². The Bertz CT molecular complexity index is 1530. The third kappa shape index (κ3) is 3.32. The molecule has 0 radical (unpaired) electrons. The highest BCUT2D eigenvalue weighted by Crippen LogP contribution is 2.49. The highest BCUT2D eigenvalue weighted by molar-refractivity contribution is 6.08. The number of benzene rings is 1. The molecule has 186 valence electrons. The summed E-state index contributed by atoms with van der Waals surface area (Å²) < 4.78 is 0. The fourth-order valence-electron chi connectivity index (χ4n) is 6.16. The summed E-state index contributed by atoms with van der Waals surface area (Å²) in [7, 11) is 0. The van der Waals surface area contributed by atoms with Gasteiger partial charge in [0, 0.05) is 54.4 Å². The Balaban J connectivity index is 1.25. The molecule has 0 unspecified atom stereocenters. The number of hydrogen-bond acceptors (Lipinski definition) is 5. The number of amides is 2. The van der Waals surface area contributed by atoms with E-state index in [9.17, 15) is 9.59 Å². The summed E-state index contributed by atoms with van der Waals surface area (Å²) in [5.41, 5.74) is 9.57. The van der Waals surface area contributed by atoms with Crippen molar-refractivity contribution in [3.8, 4) is 11.1 Å². The summed E-state index contributed by atoms with van der Waals surface area (Å²) in [5, 5.41) is 2.15. The van der Waals surface area contributed by atoms with Gasteiger partial charge >= 0.3 is 0 Å². The van der Waals surface area contributed by atoms with Crippen LogP contribution in [0.1, 0.15) is 36.9 Å². The van der Waals surface area contributed by atoms with E-state index in [0.717, 1.165) is 51.7 Å². The number of pyridine rings is 2. The Morgan fingerprint density at radius 3 is 2.62 bits per heavy atom. The minimum absolute atomic E-state index is 0.0242. The van der Waals surface area contributed by atoms with Gasteiger partial charge in [0.05, 0.1) is 35.1 Å². The largest absolute Gasteiger partial charge is 0.367 e. The van der Waals surface area contributed by atoms with Crippen LogP contribution in [0.2, 0.25) is 0 Å². The molecule has 0 atom stereocenters. The van der Waals surface area contributed by atoms with Gasteiger partial charge in [-0.1, -0.05) is 24.3 Å². The van der Waals surface area contributed by atoms with Crippen molar-refractivity contribution in [3.63, 3.8) is 0 Å². The lowest BCUT2D eigenvalue weighted by Gasteiger charge is -2.39. The standard InChI is InChI=1S/C29H28N6O2/c30-29(7-8-29)27(37)34-13-9-28(10-14-34)22-6-12-32-17-24(22)35(26(28)36)18-23-25(20-5-11-31-15-20)21-4-2-1-3-19(21)16-33-23/h1-6,11-12,15-17,31H,7-10,13-14,18,30H2. The number of nitrogens with zero attached hydrogens (tertiary/aromatic N) is 4. The number of rotatable bonds is 4. The number of aromatic amines is 1. The predicted molar refractivity (Wildman–Crippen MR) is 141 cm³/mol. The van der Waals surface area contributed by atoms with Gasteiger partial charge in [-0.3, -0.25) is 19.6 Å². The molecular weight excluding hydrogens is 464 g/mol. The fraction of sp³-hybridized carbons (Fsp3) is 0.310. The van der Waals surface area contributed by atoms with Crippen molar-refractivity contribution in [2.45, 2.75) is 43.2 Å². The topological polar surface area (TPSA) is 108 Å². The highest BCUT2D eigenvalue weighted by Gasteiger charge is 2.55. The summed E-state index contributed by atoms with van der Waals surface area (Å²) in [5.74, 6) is 0.0857. The monoisotopic (exact) mass is 492 g/mol. The number of H-pyrrole nitrogens is 1. The van der Waals surface area contributed by atoms with Gasteiger partial charge in [0.1, 0.15) is 0 Å². The van der Waals surface area contributed by atoms with E-state index in [1.807, 2.05) is 52.7 Å². The Morgan fingerprint density at radius 1 is 1.05 bits per heavy atom. The van der Waals surface area contributed by atoms with E-state index >= 15 is 0 Å². The molecule has 3 aromatic heterocycles. The number of fused-ring (bicyclic) bond motifs is 3. The SMILES string of the molecule is NC1(C(=O)N2CCC3(CC2)C(=O)N(Cc2ncc4ccccc4c2-c2cc[nH]c2)c2cnccc23)CC1. The van der Waals surface area contributed by atoms with Crippen molar-refractivity contribution >= 4 is 28.3 Å². The number of piperidine rings is 1. The second-order valence-corrected chi connectivity index (χ2v) is 10.6. The van der Waals surface area contributed by atoms with E-state index in [1.165, 1.54) is 0 Å². The average molecular weight is 493 g/mol. The van der Waals surface area contributed by atoms with Gasteiger partial charge in [-0.2, -0.15) is 0 Å². The predicted octanol–water partition coefficient (Wildman–Crippen LogP) is 3.52. The summed E-state index contributed by atoms with van der Waals surface area (Å²) in [6, 6.07) is 12.2. The molecule has 4 aromatic rings. The van der Waals surface area contributed by atoms with Gasteiger partial charge in [0.25, 0.3) is 0 Å². The van der Waals surface area contributed by atoms with Crippen LogP contribution in [-0.2, 0) is 21.5 Å². The molecule has 5 heterocycles. The van der Waals surface area contributed by atoms with Crippen LogP contribution in [0.15, 0.2) is 67.4 Å². The Labute approximate surface area is 214 Å². The molecule has 2 amide bonds. The molecule has 8 heteroatoms. The summed E-state index contributed by atoms with van der Waals surface area (Å²) in [6.45, 7) is 1.41. The molecule has 1 aromatic carbocycles. The lowest BCUT2D eigenvalue weighted by atomic mass is 9.74. The lowest BCUT2D eigenvalue weighted by molar-refractivity contribution is -0.137. The maximum absolute atomic E-state index is 14.2. The molecule has 1 saturated carbocycles. The molecule has 1 saturated heterocycles. The zero-order valence-corrected chi connectivity index (χ0v) is 20.5. The van der Waals surface area contributed by atoms with Crippen LogP contribution < -0.4 is 10.6 Å². The quantitative estimate of drug-likeness (QED) is 0.453. The second-order valence-electron chi connectivity index (χ2n) is 10.6. The molecule has 1 spiro atoms. The Morgan fingerprint density at radius 2 is 1.86 bits per heavy atom. The van der Waals surface area contributed by atoms with E-state index in [-0.39, 0.29) is 11.8 Å². The van der Waals surface area contributed by atoms with Crippen LogP contribution in [0.3, 0.4) is 0 Å². The third-order valence-corrected chi connectivity index (χ3v) is 8.45. The van der Waals surface area contributed by atoms with Crippen LogP contribution in [0.4, 0.5) is 5.69 Å². The number of nitrogens with two attached hydrogens (primary N) is 1. The maximum Gasteiger partial charge on any atom is 0.242 e. The zero-order valence-electron chi connectivity index (χ0n) is 20.5. The number of carbonyl (C=O) groups excluding carboxylic acids is 2. The Kier molecular flexibility index (Phi) is 4.78. The van der Waals surface area contributed by atoms with Gasteiger partial charge in [-0.25, -0.2) is 0 Å². The van der Waals surface area contributed by atoms with Crippen molar-refractivity contribution in [2.75, 3.05) is 18.0 Å². The normalized spacial score (nSPS) is 19.4. The molecule has 2 aliphatic heterocycles. The second kappa shape index (κ2) is 7.98. The Hall–Kier alpha value is -4.04. The van der Waals surface area contributed by atoms with Crippen molar-refractivity contribution in [2.24, 2.45) is 5.73 Å². The van der Waals surface area contributed by atoms with Crippen molar-refractivity contribution < 1.29 is 9.59 Å². The number of likely N-dealkylation sites (tertiary alicyclic amines) is 1. The van der Waals surface area contributed by atoms with E-state index in [0.29, 0.717) is 32.5 Å². The first-order valence-corrected chi connectivity index (χ1v) is 12.8. The number of aromatic nitrogens is 3. The third-order valence-electron chi connectivity index (χ3n) is 8.45. The molecule has 37 heavy (non-hydrogen) atoms. The highest BCUT2D eigenvalue weighted by atomic mass is 16.2. The summed E-state index contributed by atoms with van der Waals surface area (Å²) in [6.07, 6.45) is 11.9. The molecule has 2 fully saturated rings. The molecule has 8 nitrogen and oxygen atoms in total. The van der Waals surface area contributed by atoms with Crippen molar-refractivity contribution in [1.29, 1.82) is 0 Å². The number of carbonyl (C=O) groups is 2. The van der Waals surface area contributed by atoms with Gasteiger partial charge in [0.15, 0.2) is 0 Å². The lowest BCUT2D eigenvalue weighted by Crippen LogP contribution is -2.54. The van der Waals surface area contributed by atoms with Crippen molar-refractivity contribution in [3.05, 3.63) is 78.6 Å². The van der Waals surface area contributed by atoms with Gasteiger partial charge in [-0.05, 0) is 48.8 Å². The van der Waals surface area contributed by atoms with Crippen LogP contribution in [0.5, 0.6) is 0 Å². The first-order chi connectivity index (χ1) is 18.0. The van der Waals surface area contributed by atoms with Gasteiger partial charge < -0.3 is 20.5 Å². The number of nitrogens with one attached hydrogen (secondary N) is 1. The van der Waals surface area contributed by atoms with E-state index in [1.54, 1.807) is 12.4 Å². The van der Waals surface area contributed by atoms with Gasteiger partial charge in [-0.15, -0.1) is 0 Å². The van der Waals surface area contributed by atoms with Crippen LogP contribution in [0.25, 0.3) is 21.9 Å². The fourth-order valence-corrected chi connectivity index (χ4v) is 6.16. The maximum atomic E-state index is 14.2. The molecule has 0 bridgehead atoms. The molecule has 3 aliphatic rings. The molecule has 7 rings (SSSR count). The van der Waals surface area contributed by atoms with E-state index in [2.05, 4.69) is 22.1 Å². The average Bonchev–Trinajstić information content (AvgIpc) is 3.38. The van der Waals surface area contributed by atoms with Crippen LogP contribution in [0, 0.1) is 0 Å². The van der Waals surface area contributed by atoms with Crippen LogP contribution in [-0.4, -0.2) is 50.3 Å². The smallest absolute Gasteiger partial charge is 0.242 e. The summed E-state index contributed by atoms with van der Waals surface area (Å²) >= 11 is 0. The molecule has 3 N–H and O–H groups in total. The minimum atomic E-state index is -0.686. The van der Waals surface area contributed by atoms with Gasteiger partial charge in [0.2, 0.25) is 11.8 Å². The van der Waals surface area contributed by atoms with E-state index in [4.69, 9.17) is 10.7 Å². The number of anilines is 1.